The van der Waals surface area contributed by atoms with E-state index in [0.717, 1.165) is 30.5 Å². The molecule has 0 saturated heterocycles. The maximum atomic E-state index is 13.1. The van der Waals surface area contributed by atoms with E-state index in [1.807, 2.05) is 19.2 Å². The van der Waals surface area contributed by atoms with E-state index in [-0.39, 0.29) is 11.7 Å². The van der Waals surface area contributed by atoms with E-state index in [1.165, 1.54) is 12.1 Å². The summed E-state index contributed by atoms with van der Waals surface area (Å²) in [6.07, 6.45) is 2.25. The predicted octanol–water partition coefficient (Wildman–Crippen LogP) is 5.40. The summed E-state index contributed by atoms with van der Waals surface area (Å²) in [5.74, 6) is 0.0713. The fourth-order valence-electron chi connectivity index (χ4n) is 3.09. The van der Waals surface area contributed by atoms with Gasteiger partial charge in [-0.25, -0.2) is 4.39 Å². The second-order valence-corrected chi connectivity index (χ2v) is 7.50. The van der Waals surface area contributed by atoms with Crippen LogP contribution in [0.15, 0.2) is 66.7 Å². The highest BCUT2D eigenvalue weighted by Crippen LogP contribution is 2.26. The van der Waals surface area contributed by atoms with E-state index in [0.29, 0.717) is 29.4 Å². The average molecular weight is 422 g/mol. The molecule has 0 aromatic heterocycles. The van der Waals surface area contributed by atoms with Gasteiger partial charge in [-0.15, -0.1) is 0 Å². The van der Waals surface area contributed by atoms with Crippen LogP contribution in [0.3, 0.4) is 0 Å². The van der Waals surface area contributed by atoms with Gasteiger partial charge >= 0.3 is 0 Å². The minimum atomic E-state index is -0.279. The fraction of sp³-hybridized carbons (Fsp3) is 0.240. The zero-order valence-electron chi connectivity index (χ0n) is 17.9. The van der Waals surface area contributed by atoms with E-state index < -0.39 is 0 Å². The lowest BCUT2D eigenvalue weighted by Gasteiger charge is -2.18. The van der Waals surface area contributed by atoms with Crippen molar-refractivity contribution in [3.63, 3.8) is 0 Å². The van der Waals surface area contributed by atoms with Gasteiger partial charge in [0.05, 0.1) is 5.69 Å². The van der Waals surface area contributed by atoms with E-state index in [1.54, 1.807) is 42.5 Å². The first kappa shape index (κ1) is 22.3. The molecule has 1 amide bonds. The summed E-state index contributed by atoms with van der Waals surface area (Å²) in [5.41, 5.74) is 9.47. The molecule has 0 heterocycles. The number of carbonyl (C=O) groups excluding carboxylic acids is 1. The highest BCUT2D eigenvalue weighted by molar-refractivity contribution is 6.04. The summed E-state index contributed by atoms with van der Waals surface area (Å²) in [4.78, 5) is 14.7. The lowest BCUT2D eigenvalue weighted by Crippen LogP contribution is -2.25. The van der Waals surface area contributed by atoms with Gasteiger partial charge in [0.2, 0.25) is 0 Å². The van der Waals surface area contributed by atoms with Crippen LogP contribution in [0.2, 0.25) is 0 Å². The molecule has 3 rings (SSSR count). The number of unbranched alkanes of at least 4 members (excludes halogenated alkanes) is 1. The predicted molar refractivity (Wildman–Crippen MR) is 124 cm³/mol. The molecule has 0 unspecified atom stereocenters. The fourth-order valence-corrected chi connectivity index (χ4v) is 3.09. The van der Waals surface area contributed by atoms with Gasteiger partial charge in [0.25, 0.3) is 5.91 Å². The molecule has 3 aromatic rings. The van der Waals surface area contributed by atoms with Crippen LogP contribution >= 0.6 is 0 Å². The summed E-state index contributed by atoms with van der Waals surface area (Å²) in [6, 6.07) is 18.6. The molecule has 0 aliphatic heterocycles. The monoisotopic (exact) mass is 421 g/mol. The Hall–Kier alpha value is -3.38. The first-order chi connectivity index (χ1) is 15.0. The first-order valence-electron chi connectivity index (χ1n) is 10.3. The molecule has 0 aliphatic rings. The Morgan fingerprint density at radius 3 is 2.29 bits per heavy atom. The first-order valence-corrected chi connectivity index (χ1v) is 10.3. The summed E-state index contributed by atoms with van der Waals surface area (Å²) < 4.78 is 18.9. The molecule has 0 saturated carbocycles. The molecule has 0 spiro atoms. The molecule has 6 heteroatoms. The van der Waals surface area contributed by atoms with E-state index in [4.69, 9.17) is 10.5 Å². The second-order valence-electron chi connectivity index (χ2n) is 7.50. The van der Waals surface area contributed by atoms with Crippen molar-refractivity contribution in [1.82, 2.24) is 4.90 Å². The van der Waals surface area contributed by atoms with Crippen molar-refractivity contribution in [3.8, 4) is 16.9 Å². The minimum absolute atomic E-state index is 0.238. The largest absolute Gasteiger partial charge is 0.476 e. The quantitative estimate of drug-likeness (QED) is 0.359. The molecule has 5 nitrogen and oxygen atoms in total. The van der Waals surface area contributed by atoms with Crippen molar-refractivity contribution in [3.05, 3.63) is 78.1 Å². The van der Waals surface area contributed by atoms with Gasteiger partial charge in [-0.2, -0.15) is 0 Å². The number of nitrogen functional groups attached to an aromatic ring is 1. The molecule has 0 fully saturated rings. The Labute approximate surface area is 182 Å². The zero-order chi connectivity index (χ0) is 22.2. The van der Waals surface area contributed by atoms with Crippen LogP contribution in [0.1, 0.15) is 30.1 Å². The van der Waals surface area contributed by atoms with Crippen molar-refractivity contribution >= 4 is 17.3 Å². The zero-order valence-corrected chi connectivity index (χ0v) is 17.9. The molecular formula is C25H28FN3O2. The van der Waals surface area contributed by atoms with Crippen LogP contribution in [-0.2, 0) is 0 Å². The van der Waals surface area contributed by atoms with Crippen LogP contribution < -0.4 is 15.8 Å². The lowest BCUT2D eigenvalue weighted by atomic mass is 10.0. The second kappa shape index (κ2) is 10.6. The van der Waals surface area contributed by atoms with E-state index >= 15 is 0 Å². The number of nitrogens with one attached hydrogen (secondary N) is 1. The number of rotatable bonds is 9. The molecule has 162 valence electrons. The van der Waals surface area contributed by atoms with Gasteiger partial charge in [-0.3, -0.25) is 9.69 Å². The number of anilines is 2. The third-order valence-corrected chi connectivity index (χ3v) is 4.93. The number of benzene rings is 3. The van der Waals surface area contributed by atoms with Gasteiger partial charge in [0, 0.05) is 17.8 Å². The summed E-state index contributed by atoms with van der Waals surface area (Å²) in [7, 11) is 2.00. The molecule has 0 atom stereocenters. The summed E-state index contributed by atoms with van der Waals surface area (Å²) in [6.45, 7) is 3.57. The topological polar surface area (TPSA) is 67.6 Å². The van der Waals surface area contributed by atoms with Gasteiger partial charge < -0.3 is 15.8 Å². The molecule has 3 aromatic carbocycles. The average Bonchev–Trinajstić information content (AvgIpc) is 2.77. The van der Waals surface area contributed by atoms with Crippen LogP contribution in [0, 0.1) is 5.82 Å². The number of amides is 1. The SMILES string of the molecule is CCCCN(C)COc1ccc(NC(=O)c2ccc(-c3ccc(F)cc3)cc2)cc1N. The van der Waals surface area contributed by atoms with Crippen molar-refractivity contribution in [2.45, 2.75) is 19.8 Å². The number of halogens is 1. The highest BCUT2D eigenvalue weighted by atomic mass is 19.1. The van der Waals surface area contributed by atoms with E-state index in [2.05, 4.69) is 17.1 Å². The normalized spacial score (nSPS) is 10.8. The third-order valence-electron chi connectivity index (χ3n) is 4.93. The molecular weight excluding hydrogens is 393 g/mol. The van der Waals surface area contributed by atoms with Crippen molar-refractivity contribution in [2.75, 3.05) is 31.4 Å². The number of ether oxygens (including phenoxy) is 1. The number of nitrogens with two attached hydrogens (primary N) is 1. The van der Waals surface area contributed by atoms with Gasteiger partial charge in [-0.05, 0) is 67.1 Å². The Bertz CT molecular complexity index is 1000. The Morgan fingerprint density at radius 2 is 1.68 bits per heavy atom. The van der Waals surface area contributed by atoms with Gasteiger partial charge in [0.15, 0.2) is 0 Å². The smallest absolute Gasteiger partial charge is 0.255 e. The maximum Gasteiger partial charge on any atom is 0.255 e. The maximum absolute atomic E-state index is 13.1. The van der Waals surface area contributed by atoms with Crippen LogP contribution in [-0.4, -0.2) is 31.1 Å². The molecule has 0 radical (unpaired) electrons. The minimum Gasteiger partial charge on any atom is -0.476 e. The van der Waals surface area contributed by atoms with Crippen molar-refractivity contribution in [1.29, 1.82) is 0 Å². The molecule has 0 bridgehead atoms. The van der Waals surface area contributed by atoms with Crippen LogP contribution in [0.25, 0.3) is 11.1 Å². The Kier molecular flexibility index (Phi) is 7.62. The molecule has 0 aliphatic carbocycles. The number of hydrogen-bond donors (Lipinski definition) is 2. The molecule has 3 N–H and O–H groups in total. The van der Waals surface area contributed by atoms with Gasteiger partial charge in [-0.1, -0.05) is 37.6 Å². The number of carbonyl (C=O) groups is 1. The summed E-state index contributed by atoms with van der Waals surface area (Å²) >= 11 is 0. The van der Waals surface area contributed by atoms with Crippen molar-refractivity contribution < 1.29 is 13.9 Å². The third kappa shape index (κ3) is 6.30. The Balaban J connectivity index is 1.59. The van der Waals surface area contributed by atoms with Crippen LogP contribution in [0.5, 0.6) is 5.75 Å². The highest BCUT2D eigenvalue weighted by Gasteiger charge is 2.09. The number of hydrogen-bond acceptors (Lipinski definition) is 4. The number of nitrogens with zero attached hydrogens (tertiary/aromatic N) is 1. The Morgan fingerprint density at radius 1 is 1.03 bits per heavy atom. The molecule has 31 heavy (non-hydrogen) atoms. The lowest BCUT2D eigenvalue weighted by molar-refractivity contribution is 0.102. The summed E-state index contributed by atoms with van der Waals surface area (Å²) in [5, 5.41) is 2.85. The van der Waals surface area contributed by atoms with E-state index in [9.17, 15) is 9.18 Å². The standard InChI is InChI=1S/C25H28FN3O2/c1-3-4-15-29(2)17-31-24-14-13-22(16-23(24)27)28-25(30)20-7-5-18(6-8-20)19-9-11-21(26)12-10-19/h5-14,16H,3-4,15,17,27H2,1-2H3,(H,28,30). The van der Waals surface area contributed by atoms with Crippen LogP contribution in [0.4, 0.5) is 15.8 Å². The van der Waals surface area contributed by atoms with Crippen molar-refractivity contribution in [2.24, 2.45) is 0 Å². The van der Waals surface area contributed by atoms with Gasteiger partial charge in [0.1, 0.15) is 18.3 Å².